The zero-order valence-corrected chi connectivity index (χ0v) is 48.7. The average molecular weight is 1100 g/mol. The molecular formula is C60H95NO17. The molecule has 3 heterocycles. The number of allylic oxidation sites excluding steroid dienone is 6. The van der Waals surface area contributed by atoms with Crippen LogP contribution in [0.4, 0.5) is 0 Å². The highest BCUT2D eigenvalue weighted by molar-refractivity contribution is 6.39. The van der Waals surface area contributed by atoms with E-state index in [2.05, 4.69) is 0 Å². The van der Waals surface area contributed by atoms with Gasteiger partial charge < -0.3 is 57.7 Å². The molecule has 0 aromatic rings. The Bertz CT molecular complexity index is 2050. The largest absolute Gasteiger partial charge is 0.460 e. The van der Waals surface area contributed by atoms with Crippen molar-refractivity contribution in [1.82, 2.24) is 4.90 Å². The van der Waals surface area contributed by atoms with E-state index in [-0.39, 0.29) is 56.0 Å². The van der Waals surface area contributed by atoms with Gasteiger partial charge in [0, 0.05) is 65.1 Å². The maximum atomic E-state index is 14.6. The zero-order valence-electron chi connectivity index (χ0n) is 48.7. The molecule has 15 atom stereocenters. The summed E-state index contributed by atoms with van der Waals surface area (Å²) in [7, 11) is 4.50. The van der Waals surface area contributed by atoms with E-state index in [0.717, 1.165) is 12.0 Å². The van der Waals surface area contributed by atoms with Gasteiger partial charge in [-0.3, -0.25) is 19.2 Å². The van der Waals surface area contributed by atoms with Crippen molar-refractivity contribution < 1.29 is 81.6 Å². The fraction of sp³-hybridized carbons (Fsp3) is 0.767. The van der Waals surface area contributed by atoms with Crippen molar-refractivity contribution in [3.8, 4) is 0 Å². The summed E-state index contributed by atoms with van der Waals surface area (Å²) in [6.07, 6.45) is 11.4. The second kappa shape index (κ2) is 33.7. The average Bonchev–Trinajstić information content (AvgIpc) is 3.42. The van der Waals surface area contributed by atoms with Gasteiger partial charge in [-0.25, -0.2) is 9.59 Å². The number of amides is 1. The topological polar surface area (TPSA) is 229 Å². The highest BCUT2D eigenvalue weighted by Crippen LogP contribution is 2.38. The number of carbonyl (C=O) groups excluding carboxylic acids is 6. The summed E-state index contributed by atoms with van der Waals surface area (Å²) >= 11 is 0. The Morgan fingerprint density at radius 2 is 1.51 bits per heavy atom. The summed E-state index contributed by atoms with van der Waals surface area (Å²) in [4.78, 5) is 85.5. The molecule has 18 heteroatoms. The Morgan fingerprint density at radius 1 is 0.808 bits per heavy atom. The van der Waals surface area contributed by atoms with Crippen LogP contribution in [0.2, 0.25) is 0 Å². The molecule has 1 saturated carbocycles. The van der Waals surface area contributed by atoms with E-state index < -0.39 is 102 Å². The molecule has 2 N–H and O–H groups in total. The molecule has 0 radical (unpaired) electrons. The second-order valence-electron chi connectivity index (χ2n) is 22.3. The quantitative estimate of drug-likeness (QED) is 0.0635. The van der Waals surface area contributed by atoms with E-state index in [1.165, 1.54) is 12.0 Å². The van der Waals surface area contributed by atoms with E-state index >= 15 is 0 Å². The number of aliphatic hydroxyl groups excluding tert-OH is 1. The van der Waals surface area contributed by atoms with Gasteiger partial charge in [0.05, 0.1) is 44.7 Å². The zero-order chi connectivity index (χ0) is 57.5. The maximum Gasteiger partial charge on any atom is 0.332 e. The van der Waals surface area contributed by atoms with Crippen LogP contribution in [0.3, 0.4) is 0 Å². The first kappa shape index (κ1) is 66.5. The standard InChI is InChI=1S/C60H95NO17/c1-12-26-73-27-28-74-29-30-75-37-53(63)76-49-24-22-45(34-52(49)71-10)33-41(5)51-36-48(62)40(4)32-43(7)55(65)56(72-11)54(64)42(6)31-38(2)18-14-13-15-19-39(3)50(70-9)35-46-23-21-44(8)60(69,78-46)57(66)58(67)61-25-17-16-20-47(61)59(68)77-51/h13-15,18-19,32,38,40-42,44-47,49-52,55-56,65,69H,12,16-17,20-31,33-37H2,1-11H3/b15-13+,18-14+,39-19+,43-32+/t38-,40-,41-,42-,44-,45+,46+,47+,49-,50+,51+,52-,55-,56+,60-/m1/s1. The number of hydrogen-bond acceptors (Lipinski definition) is 17. The number of nitrogens with zero attached hydrogens (tertiary/aromatic N) is 1. The molecule has 0 unspecified atom stereocenters. The molecule has 18 nitrogen and oxygen atoms in total. The van der Waals surface area contributed by atoms with Gasteiger partial charge in [0.25, 0.3) is 11.7 Å². The Balaban J connectivity index is 1.60. The fourth-order valence-electron chi connectivity index (χ4n) is 11.2. The number of Topliss-reactive ketones (excluding diaryl/α,β-unsaturated/α-hetero) is 3. The van der Waals surface area contributed by atoms with Crippen LogP contribution in [0.15, 0.2) is 47.6 Å². The lowest BCUT2D eigenvalue weighted by Crippen LogP contribution is -2.61. The number of aliphatic hydroxyl groups is 2. The molecular weight excluding hydrogens is 1010 g/mol. The van der Waals surface area contributed by atoms with Gasteiger partial charge in [0.1, 0.15) is 42.8 Å². The van der Waals surface area contributed by atoms with Crippen LogP contribution in [0.25, 0.3) is 0 Å². The van der Waals surface area contributed by atoms with Crippen molar-refractivity contribution >= 4 is 35.2 Å². The molecule has 1 amide bonds. The first-order valence-electron chi connectivity index (χ1n) is 28.6. The van der Waals surface area contributed by atoms with Crippen molar-refractivity contribution in [2.24, 2.45) is 35.5 Å². The summed E-state index contributed by atoms with van der Waals surface area (Å²) in [6.45, 7) is 16.6. The van der Waals surface area contributed by atoms with Crippen LogP contribution >= 0.6 is 0 Å². The molecule has 0 aromatic heterocycles. The van der Waals surface area contributed by atoms with E-state index in [1.807, 2.05) is 65.0 Å². The smallest absolute Gasteiger partial charge is 0.332 e. The first-order valence-corrected chi connectivity index (χ1v) is 28.6. The van der Waals surface area contributed by atoms with Crippen LogP contribution in [0.5, 0.6) is 0 Å². The lowest BCUT2D eigenvalue weighted by atomic mass is 9.78. The van der Waals surface area contributed by atoms with Gasteiger partial charge in [-0.05, 0) is 113 Å². The number of rotatable bonds is 17. The molecule has 1 aliphatic carbocycles. The molecule has 3 fully saturated rings. The molecule has 2 bridgehead atoms. The first-order chi connectivity index (χ1) is 37.2. The minimum Gasteiger partial charge on any atom is -0.460 e. The van der Waals surface area contributed by atoms with Crippen LogP contribution in [0, 0.1) is 35.5 Å². The van der Waals surface area contributed by atoms with Crippen LogP contribution < -0.4 is 0 Å². The third-order valence-corrected chi connectivity index (χ3v) is 16.0. The van der Waals surface area contributed by atoms with Crippen LogP contribution in [0.1, 0.15) is 139 Å². The third kappa shape index (κ3) is 19.9. The van der Waals surface area contributed by atoms with E-state index in [1.54, 1.807) is 41.1 Å². The van der Waals surface area contributed by atoms with Crippen LogP contribution in [-0.2, 0) is 71.4 Å². The van der Waals surface area contributed by atoms with Gasteiger partial charge in [-0.15, -0.1) is 0 Å². The van der Waals surface area contributed by atoms with Gasteiger partial charge in [-0.2, -0.15) is 0 Å². The monoisotopic (exact) mass is 1100 g/mol. The van der Waals surface area contributed by atoms with E-state index in [4.69, 9.17) is 42.6 Å². The fourth-order valence-corrected chi connectivity index (χ4v) is 11.2. The highest BCUT2D eigenvalue weighted by Gasteiger charge is 2.53. The maximum absolute atomic E-state index is 14.6. The van der Waals surface area contributed by atoms with E-state index in [9.17, 15) is 39.0 Å². The van der Waals surface area contributed by atoms with Crippen molar-refractivity contribution in [2.75, 3.05) is 67.5 Å². The Hall–Kier alpha value is -3.98. The number of piperidine rings is 1. The van der Waals surface area contributed by atoms with Gasteiger partial charge in [-0.1, -0.05) is 78.0 Å². The third-order valence-electron chi connectivity index (χ3n) is 16.0. The Morgan fingerprint density at radius 3 is 2.19 bits per heavy atom. The van der Waals surface area contributed by atoms with Crippen molar-refractivity contribution in [3.63, 3.8) is 0 Å². The molecule has 4 aliphatic rings. The second-order valence-corrected chi connectivity index (χ2v) is 22.3. The lowest BCUT2D eigenvalue weighted by molar-refractivity contribution is -0.265. The molecule has 4 rings (SSSR count). The summed E-state index contributed by atoms with van der Waals surface area (Å²) in [5.74, 6) is -8.92. The summed E-state index contributed by atoms with van der Waals surface area (Å²) in [5, 5.41) is 23.6. The highest BCUT2D eigenvalue weighted by atomic mass is 16.6. The molecule has 0 spiro atoms. The number of ketones is 3. The number of fused-ring (bicyclic) bond motifs is 3. The van der Waals surface area contributed by atoms with Crippen LogP contribution in [-0.4, -0.2) is 172 Å². The minimum atomic E-state index is -2.46. The lowest BCUT2D eigenvalue weighted by Gasteiger charge is -2.42. The molecule has 3 aliphatic heterocycles. The number of carbonyl (C=O) groups is 6. The van der Waals surface area contributed by atoms with E-state index in [0.29, 0.717) is 96.2 Å². The summed E-state index contributed by atoms with van der Waals surface area (Å²) < 4.78 is 52.0. The SMILES string of the molecule is CCCOCCOCCOCC(=O)O[C@@H]1CC[C@@H](C[C@@H](C)[C@@H]2CC(=O)[C@H](C)/C=C(\C)[C@@H](O)[C@@H](OC)C(=O)[C@H](C)C[C@H](C)/C=C/C=C/C=C(\C)[C@@H](OC)C[C@@H]3CC[C@@H](C)[C@@](O)(O3)C(=O)C(=O)N3CCCC[C@H]3C(=O)O2)C[C@H]1OC. The summed E-state index contributed by atoms with van der Waals surface area (Å²) in [5.41, 5.74) is 1.23. The normalized spacial score (nSPS) is 35.6. The minimum absolute atomic E-state index is 0.000689. The van der Waals surface area contributed by atoms with Gasteiger partial charge in [0.2, 0.25) is 5.79 Å². The van der Waals surface area contributed by atoms with Gasteiger partial charge >= 0.3 is 11.9 Å². The number of ether oxygens (including phenoxy) is 9. The van der Waals surface area contributed by atoms with Crippen molar-refractivity contribution in [2.45, 2.75) is 193 Å². The number of cyclic esters (lactones) is 1. The van der Waals surface area contributed by atoms with Crippen molar-refractivity contribution in [3.05, 3.63) is 47.6 Å². The predicted molar refractivity (Wildman–Crippen MR) is 292 cm³/mol. The number of esters is 2. The van der Waals surface area contributed by atoms with Gasteiger partial charge in [0.15, 0.2) is 5.78 Å². The molecule has 442 valence electrons. The van der Waals surface area contributed by atoms with Crippen molar-refractivity contribution in [1.29, 1.82) is 0 Å². The predicted octanol–water partition coefficient (Wildman–Crippen LogP) is 7.19. The Labute approximate surface area is 464 Å². The molecule has 2 saturated heterocycles. The number of hydrogen-bond donors (Lipinski definition) is 2. The summed E-state index contributed by atoms with van der Waals surface area (Å²) in [6, 6.07) is -1.18. The Kier molecular flexibility index (Phi) is 28.7. The number of methoxy groups -OCH3 is 3. The molecule has 0 aromatic carbocycles. The molecule has 78 heavy (non-hydrogen) atoms.